The number of nitrogens with zero attached hydrogens (tertiary/aromatic N) is 3. The summed E-state index contributed by atoms with van der Waals surface area (Å²) in [7, 11) is 0. The average Bonchev–Trinajstić information content (AvgIpc) is 3.46. The number of hydrogen-bond acceptors (Lipinski definition) is 4. The maximum Gasteiger partial charge on any atom is 0.313 e. The average molecular weight is 431 g/mol. The predicted octanol–water partition coefficient (Wildman–Crippen LogP) is 2.82. The maximum absolute atomic E-state index is 12.3. The molecule has 1 aliphatic heterocycles. The third kappa shape index (κ3) is 5.03. The third-order valence-electron chi connectivity index (χ3n) is 5.30. The highest BCUT2D eigenvalue weighted by Gasteiger charge is 2.22. The SMILES string of the molecule is O=C(NCCCn1ccnc1-c1ccccc1)C(=O)Nc1cccc(N2CCCC2=O)c1. The normalized spacial score (nSPS) is 13.2. The highest BCUT2D eigenvalue weighted by atomic mass is 16.2. The van der Waals surface area contributed by atoms with E-state index in [9.17, 15) is 14.4 Å². The van der Waals surface area contributed by atoms with E-state index in [-0.39, 0.29) is 5.91 Å². The quantitative estimate of drug-likeness (QED) is 0.444. The maximum atomic E-state index is 12.3. The monoisotopic (exact) mass is 431 g/mol. The lowest BCUT2D eigenvalue weighted by Crippen LogP contribution is -2.36. The molecule has 3 aromatic rings. The van der Waals surface area contributed by atoms with Gasteiger partial charge in [-0.3, -0.25) is 14.4 Å². The predicted molar refractivity (Wildman–Crippen MR) is 122 cm³/mol. The lowest BCUT2D eigenvalue weighted by Gasteiger charge is -2.16. The van der Waals surface area contributed by atoms with Crippen LogP contribution in [0.1, 0.15) is 19.3 Å². The van der Waals surface area contributed by atoms with Gasteiger partial charge in [-0.25, -0.2) is 4.98 Å². The zero-order valence-corrected chi connectivity index (χ0v) is 17.7. The molecule has 8 heteroatoms. The summed E-state index contributed by atoms with van der Waals surface area (Å²) >= 11 is 0. The van der Waals surface area contributed by atoms with Crippen molar-refractivity contribution in [2.24, 2.45) is 0 Å². The number of hydrogen-bond donors (Lipinski definition) is 2. The minimum Gasteiger partial charge on any atom is -0.348 e. The van der Waals surface area contributed by atoms with Crippen molar-refractivity contribution in [2.45, 2.75) is 25.8 Å². The van der Waals surface area contributed by atoms with Gasteiger partial charge >= 0.3 is 11.8 Å². The minimum absolute atomic E-state index is 0.0690. The molecule has 1 aromatic heterocycles. The standard InChI is InChI=1S/C24H25N5O3/c30-21-11-5-15-29(21)20-10-4-9-19(17-20)27-24(32)23(31)26-12-6-14-28-16-13-25-22(28)18-7-2-1-3-8-18/h1-4,7-10,13,16-17H,5-6,11-12,14-15H2,(H,26,31)(H,27,32). The molecule has 2 aromatic carbocycles. The summed E-state index contributed by atoms with van der Waals surface area (Å²) in [5, 5.41) is 5.25. The van der Waals surface area contributed by atoms with Crippen molar-refractivity contribution in [3.63, 3.8) is 0 Å². The second-order valence-electron chi connectivity index (χ2n) is 7.57. The molecule has 0 unspecified atom stereocenters. The third-order valence-corrected chi connectivity index (χ3v) is 5.30. The van der Waals surface area contributed by atoms with Crippen LogP contribution < -0.4 is 15.5 Å². The second kappa shape index (κ2) is 9.91. The fourth-order valence-electron chi connectivity index (χ4n) is 3.73. The zero-order chi connectivity index (χ0) is 22.3. The summed E-state index contributed by atoms with van der Waals surface area (Å²) in [5.41, 5.74) is 2.23. The van der Waals surface area contributed by atoms with E-state index in [1.54, 1.807) is 29.3 Å². The molecule has 2 N–H and O–H groups in total. The van der Waals surface area contributed by atoms with Gasteiger partial charge in [-0.15, -0.1) is 0 Å². The number of benzene rings is 2. The van der Waals surface area contributed by atoms with Crippen LogP contribution in [0.4, 0.5) is 11.4 Å². The van der Waals surface area contributed by atoms with Crippen LogP contribution >= 0.6 is 0 Å². The van der Waals surface area contributed by atoms with Crippen molar-refractivity contribution >= 4 is 29.1 Å². The Balaban J connectivity index is 1.25. The second-order valence-corrected chi connectivity index (χ2v) is 7.57. The van der Waals surface area contributed by atoms with Gasteiger partial charge in [-0.2, -0.15) is 0 Å². The smallest absolute Gasteiger partial charge is 0.313 e. The number of imidazole rings is 1. The Labute approximate surface area is 186 Å². The van der Waals surface area contributed by atoms with Crippen LogP contribution in [0.25, 0.3) is 11.4 Å². The van der Waals surface area contributed by atoms with Gasteiger partial charge in [0.05, 0.1) is 0 Å². The van der Waals surface area contributed by atoms with Crippen LogP contribution in [0, 0.1) is 0 Å². The van der Waals surface area contributed by atoms with E-state index < -0.39 is 11.8 Å². The summed E-state index contributed by atoms with van der Waals surface area (Å²) in [6, 6.07) is 16.9. The van der Waals surface area contributed by atoms with Crippen LogP contribution in [-0.2, 0) is 20.9 Å². The van der Waals surface area contributed by atoms with Gasteiger partial charge in [-0.05, 0) is 31.0 Å². The number of aromatic nitrogens is 2. The number of anilines is 2. The van der Waals surface area contributed by atoms with Gasteiger partial charge in [0, 0.05) is 55.4 Å². The van der Waals surface area contributed by atoms with Crippen LogP contribution in [0.15, 0.2) is 67.0 Å². The summed E-state index contributed by atoms with van der Waals surface area (Å²) in [4.78, 5) is 42.4. The molecular formula is C24H25N5O3. The van der Waals surface area contributed by atoms with E-state index >= 15 is 0 Å². The van der Waals surface area contributed by atoms with Gasteiger partial charge in [0.1, 0.15) is 5.82 Å². The van der Waals surface area contributed by atoms with Crippen molar-refractivity contribution < 1.29 is 14.4 Å². The van der Waals surface area contributed by atoms with Crippen LogP contribution in [0.2, 0.25) is 0 Å². The molecule has 0 atom stereocenters. The number of carbonyl (C=O) groups is 3. The van der Waals surface area contributed by atoms with E-state index in [4.69, 9.17) is 0 Å². The largest absolute Gasteiger partial charge is 0.348 e. The first-order chi connectivity index (χ1) is 15.6. The molecule has 0 radical (unpaired) electrons. The molecule has 0 aliphatic carbocycles. The molecule has 0 spiro atoms. The molecule has 164 valence electrons. The van der Waals surface area contributed by atoms with Crippen molar-refractivity contribution in [2.75, 3.05) is 23.3 Å². The van der Waals surface area contributed by atoms with Crippen LogP contribution in [0.3, 0.4) is 0 Å². The Hall–Kier alpha value is -3.94. The Bertz CT molecular complexity index is 1110. The van der Waals surface area contributed by atoms with Gasteiger partial charge in [0.25, 0.3) is 0 Å². The van der Waals surface area contributed by atoms with Crippen LogP contribution in [-0.4, -0.2) is 40.4 Å². The van der Waals surface area contributed by atoms with E-state index in [0.29, 0.717) is 38.2 Å². The lowest BCUT2D eigenvalue weighted by molar-refractivity contribution is -0.136. The molecule has 2 heterocycles. The summed E-state index contributed by atoms with van der Waals surface area (Å²) < 4.78 is 2.02. The zero-order valence-electron chi connectivity index (χ0n) is 17.7. The van der Waals surface area contributed by atoms with Crippen molar-refractivity contribution in [1.82, 2.24) is 14.9 Å². The highest BCUT2D eigenvalue weighted by molar-refractivity contribution is 6.39. The molecule has 3 amide bonds. The number of amides is 3. The summed E-state index contributed by atoms with van der Waals surface area (Å²) in [6.45, 7) is 1.69. The molecule has 0 saturated carbocycles. The Morgan fingerprint density at radius 3 is 2.66 bits per heavy atom. The Morgan fingerprint density at radius 1 is 1.03 bits per heavy atom. The number of carbonyl (C=O) groups excluding carboxylic acids is 3. The molecular weight excluding hydrogens is 406 g/mol. The molecule has 0 bridgehead atoms. The van der Waals surface area contributed by atoms with Crippen LogP contribution in [0.5, 0.6) is 0 Å². The molecule has 32 heavy (non-hydrogen) atoms. The first-order valence-electron chi connectivity index (χ1n) is 10.7. The van der Waals surface area contributed by atoms with Crippen molar-refractivity contribution in [1.29, 1.82) is 0 Å². The van der Waals surface area contributed by atoms with Gasteiger partial charge in [0.15, 0.2) is 0 Å². The van der Waals surface area contributed by atoms with Gasteiger partial charge < -0.3 is 20.1 Å². The Kier molecular flexibility index (Phi) is 6.60. The number of nitrogens with one attached hydrogen (secondary N) is 2. The minimum atomic E-state index is -0.734. The van der Waals surface area contributed by atoms with E-state index in [1.807, 2.05) is 47.2 Å². The fourth-order valence-corrected chi connectivity index (χ4v) is 3.73. The molecule has 8 nitrogen and oxygen atoms in total. The molecule has 4 rings (SSSR count). The molecule has 1 saturated heterocycles. The van der Waals surface area contributed by atoms with Crippen molar-refractivity contribution in [3.8, 4) is 11.4 Å². The summed E-state index contributed by atoms with van der Waals surface area (Å²) in [5.74, 6) is -0.491. The molecule has 1 aliphatic rings. The highest BCUT2D eigenvalue weighted by Crippen LogP contribution is 2.24. The van der Waals surface area contributed by atoms with Crippen molar-refractivity contribution in [3.05, 3.63) is 67.0 Å². The van der Waals surface area contributed by atoms with E-state index in [0.717, 1.165) is 23.5 Å². The number of rotatable bonds is 7. The van der Waals surface area contributed by atoms with Gasteiger partial charge in [0.2, 0.25) is 5.91 Å². The lowest BCUT2D eigenvalue weighted by atomic mass is 10.2. The molecule has 1 fully saturated rings. The fraction of sp³-hybridized carbons (Fsp3) is 0.250. The van der Waals surface area contributed by atoms with E-state index in [1.165, 1.54) is 0 Å². The first-order valence-corrected chi connectivity index (χ1v) is 10.7. The topological polar surface area (TPSA) is 96.3 Å². The van der Waals surface area contributed by atoms with E-state index in [2.05, 4.69) is 15.6 Å². The van der Waals surface area contributed by atoms with Gasteiger partial charge in [-0.1, -0.05) is 36.4 Å². The summed E-state index contributed by atoms with van der Waals surface area (Å²) in [6.07, 6.45) is 5.66. The Morgan fingerprint density at radius 2 is 1.88 bits per heavy atom. The number of aryl methyl sites for hydroxylation is 1. The first kappa shape index (κ1) is 21.3.